The molecule has 0 aliphatic carbocycles. The lowest BCUT2D eigenvalue weighted by atomic mass is 9.77. The highest BCUT2D eigenvalue weighted by Crippen LogP contribution is 2.37. The van der Waals surface area contributed by atoms with Crippen LogP contribution in [0.4, 0.5) is 0 Å². The van der Waals surface area contributed by atoms with Gasteiger partial charge in [0.15, 0.2) is 0 Å². The number of rotatable bonds is 2. The van der Waals surface area contributed by atoms with Crippen LogP contribution in [-0.4, -0.2) is 42.5 Å². The zero-order chi connectivity index (χ0) is 19.0. The van der Waals surface area contributed by atoms with E-state index in [-0.39, 0.29) is 24.5 Å². The molecule has 0 radical (unpaired) electrons. The van der Waals surface area contributed by atoms with Crippen LogP contribution in [0.5, 0.6) is 0 Å². The first kappa shape index (κ1) is 18.0. The molecule has 0 spiro atoms. The number of ether oxygens (including phenoxy) is 1. The summed E-state index contributed by atoms with van der Waals surface area (Å²) < 4.78 is 5.89. The molecule has 2 saturated heterocycles. The zero-order valence-corrected chi connectivity index (χ0v) is 15.8. The maximum Gasteiger partial charge on any atom is 0.254 e. The van der Waals surface area contributed by atoms with Crippen molar-refractivity contribution < 1.29 is 14.3 Å². The maximum absolute atomic E-state index is 13.1. The molecule has 4 rings (SSSR count). The van der Waals surface area contributed by atoms with Gasteiger partial charge in [0, 0.05) is 23.7 Å². The molecule has 0 aromatic heterocycles. The summed E-state index contributed by atoms with van der Waals surface area (Å²) in [6.45, 7) is 2.86. The number of carbonyl (C=O) groups excluding carboxylic acids is 2. The van der Waals surface area contributed by atoms with E-state index in [9.17, 15) is 9.59 Å². The Morgan fingerprint density at radius 2 is 2.04 bits per heavy atom. The minimum atomic E-state index is -0.600. The molecule has 2 amide bonds. The molecule has 2 aliphatic rings. The number of halogens is 1. The number of amides is 2. The lowest BCUT2D eigenvalue weighted by molar-refractivity contribution is -0.150. The third-order valence-electron chi connectivity index (χ3n) is 5.50. The van der Waals surface area contributed by atoms with Crippen LogP contribution in [0.25, 0.3) is 0 Å². The highest BCUT2D eigenvalue weighted by molar-refractivity contribution is 6.31. The molecule has 5 nitrogen and oxygen atoms in total. The normalized spacial score (nSPS) is 24.9. The van der Waals surface area contributed by atoms with Crippen molar-refractivity contribution >= 4 is 23.4 Å². The second-order valence-corrected chi connectivity index (χ2v) is 7.58. The fourth-order valence-corrected chi connectivity index (χ4v) is 4.21. The summed E-state index contributed by atoms with van der Waals surface area (Å²) >= 11 is 6.09. The van der Waals surface area contributed by atoms with E-state index in [0.29, 0.717) is 30.1 Å². The van der Waals surface area contributed by atoms with Crippen molar-refractivity contribution in [2.24, 2.45) is 0 Å². The third kappa shape index (κ3) is 3.22. The van der Waals surface area contributed by atoms with Gasteiger partial charge in [-0.15, -0.1) is 0 Å². The maximum atomic E-state index is 13.1. The van der Waals surface area contributed by atoms with Crippen molar-refractivity contribution in [2.45, 2.75) is 25.0 Å². The average molecular weight is 385 g/mol. The Morgan fingerprint density at radius 3 is 2.81 bits per heavy atom. The van der Waals surface area contributed by atoms with Crippen LogP contribution in [-0.2, 0) is 15.1 Å². The van der Waals surface area contributed by atoms with Gasteiger partial charge in [0.25, 0.3) is 5.91 Å². The highest BCUT2D eigenvalue weighted by Gasteiger charge is 2.49. The van der Waals surface area contributed by atoms with E-state index in [1.165, 1.54) is 0 Å². The van der Waals surface area contributed by atoms with Gasteiger partial charge in [-0.2, -0.15) is 0 Å². The van der Waals surface area contributed by atoms with E-state index in [1.807, 2.05) is 43.3 Å². The number of benzene rings is 2. The first-order valence-electron chi connectivity index (χ1n) is 9.03. The first-order valence-corrected chi connectivity index (χ1v) is 9.41. The van der Waals surface area contributed by atoms with Crippen molar-refractivity contribution in [1.82, 2.24) is 10.2 Å². The van der Waals surface area contributed by atoms with Gasteiger partial charge >= 0.3 is 0 Å². The van der Waals surface area contributed by atoms with Crippen LogP contribution >= 0.6 is 11.6 Å². The Morgan fingerprint density at radius 1 is 1.26 bits per heavy atom. The van der Waals surface area contributed by atoms with Gasteiger partial charge < -0.3 is 15.0 Å². The van der Waals surface area contributed by atoms with E-state index in [4.69, 9.17) is 16.3 Å². The average Bonchev–Trinajstić information content (AvgIpc) is 2.69. The number of fused-ring (bicyclic) bond motifs is 1. The van der Waals surface area contributed by atoms with Gasteiger partial charge in [0.1, 0.15) is 12.7 Å². The molecule has 0 unspecified atom stereocenters. The predicted molar refractivity (Wildman–Crippen MR) is 103 cm³/mol. The minimum absolute atomic E-state index is 0.0114. The second-order valence-electron chi connectivity index (χ2n) is 7.15. The minimum Gasteiger partial charge on any atom is -0.364 e. The molecule has 2 aromatic rings. The van der Waals surface area contributed by atoms with Crippen LogP contribution < -0.4 is 5.32 Å². The van der Waals surface area contributed by atoms with Crippen molar-refractivity contribution in [2.75, 3.05) is 19.7 Å². The number of carbonyl (C=O) groups is 2. The fraction of sp³-hybridized carbons (Fsp3) is 0.333. The van der Waals surface area contributed by atoms with Gasteiger partial charge in [-0.3, -0.25) is 9.59 Å². The predicted octanol–water partition coefficient (Wildman–Crippen LogP) is 2.90. The molecule has 2 aliphatic heterocycles. The molecule has 1 N–H and O–H groups in total. The number of likely N-dealkylation sites (tertiary alicyclic amines) is 1. The summed E-state index contributed by atoms with van der Waals surface area (Å²) in [5.41, 5.74) is 1.90. The van der Waals surface area contributed by atoms with Gasteiger partial charge in [-0.1, -0.05) is 48.0 Å². The van der Waals surface area contributed by atoms with E-state index in [2.05, 4.69) is 5.32 Å². The van der Waals surface area contributed by atoms with E-state index in [0.717, 1.165) is 11.1 Å². The van der Waals surface area contributed by atoms with Crippen LogP contribution in [0, 0.1) is 6.92 Å². The van der Waals surface area contributed by atoms with Crippen molar-refractivity contribution in [3.05, 3.63) is 70.2 Å². The molecule has 2 aromatic carbocycles. The number of hydrogen-bond donors (Lipinski definition) is 1. The Kier molecular flexibility index (Phi) is 4.66. The Balaban J connectivity index is 1.63. The zero-order valence-electron chi connectivity index (χ0n) is 15.1. The number of aryl methyl sites for hydroxylation is 1. The monoisotopic (exact) mass is 384 g/mol. The number of piperidine rings is 1. The molecule has 6 heteroatoms. The van der Waals surface area contributed by atoms with Crippen LogP contribution in [0.2, 0.25) is 5.02 Å². The SMILES string of the molecule is Cc1ccc(Cl)cc1C(=O)N1CC[C@@]2(c3ccccc3)NC(=O)CO[C@@H]2C1. The molecular formula is C21H21ClN2O3. The summed E-state index contributed by atoms with van der Waals surface area (Å²) in [4.78, 5) is 27.0. The Hall–Kier alpha value is -2.37. The van der Waals surface area contributed by atoms with Crippen LogP contribution in [0.3, 0.4) is 0 Å². The number of nitrogens with one attached hydrogen (secondary N) is 1. The Bertz CT molecular complexity index is 886. The largest absolute Gasteiger partial charge is 0.364 e. The van der Waals surface area contributed by atoms with Gasteiger partial charge in [0.2, 0.25) is 5.91 Å². The fourth-order valence-electron chi connectivity index (χ4n) is 4.04. The number of morpholine rings is 1. The summed E-state index contributed by atoms with van der Waals surface area (Å²) in [5.74, 6) is -0.183. The number of hydrogen-bond acceptors (Lipinski definition) is 3. The lowest BCUT2D eigenvalue weighted by Gasteiger charge is -2.50. The lowest BCUT2D eigenvalue weighted by Crippen LogP contribution is -2.67. The molecular weight excluding hydrogens is 364 g/mol. The molecule has 0 bridgehead atoms. The third-order valence-corrected chi connectivity index (χ3v) is 5.73. The van der Waals surface area contributed by atoms with E-state index in [1.54, 1.807) is 17.0 Å². The molecule has 0 saturated carbocycles. The summed E-state index contributed by atoms with van der Waals surface area (Å²) in [6.07, 6.45) is 0.300. The second kappa shape index (κ2) is 6.98. The van der Waals surface area contributed by atoms with E-state index < -0.39 is 5.54 Å². The molecule has 2 fully saturated rings. The Labute approximate surface area is 163 Å². The van der Waals surface area contributed by atoms with Gasteiger partial charge in [0.05, 0.1) is 5.54 Å². The topological polar surface area (TPSA) is 58.6 Å². The standard InChI is InChI=1S/C21H21ClN2O3/c1-14-7-8-16(22)11-17(14)20(26)24-10-9-21(15-5-3-2-4-6-15)18(12-24)27-13-19(25)23-21/h2-8,11,18H,9-10,12-13H2,1H3,(H,23,25)/t18-,21+/m1/s1. The first-order chi connectivity index (χ1) is 13.0. The molecule has 140 valence electrons. The molecule has 2 heterocycles. The summed E-state index contributed by atoms with van der Waals surface area (Å²) in [5, 5.41) is 3.69. The molecule has 2 atom stereocenters. The van der Waals surface area contributed by atoms with Gasteiger partial charge in [-0.05, 0) is 36.6 Å². The smallest absolute Gasteiger partial charge is 0.254 e. The van der Waals surface area contributed by atoms with Crippen LogP contribution in [0.1, 0.15) is 27.9 Å². The van der Waals surface area contributed by atoms with Crippen molar-refractivity contribution in [3.8, 4) is 0 Å². The summed E-state index contributed by atoms with van der Waals surface area (Å²) in [7, 11) is 0. The van der Waals surface area contributed by atoms with Crippen molar-refractivity contribution in [3.63, 3.8) is 0 Å². The molecule has 27 heavy (non-hydrogen) atoms. The van der Waals surface area contributed by atoms with Crippen LogP contribution in [0.15, 0.2) is 48.5 Å². The highest BCUT2D eigenvalue weighted by atomic mass is 35.5. The summed E-state index contributed by atoms with van der Waals surface area (Å²) in [6, 6.07) is 15.2. The quantitative estimate of drug-likeness (QED) is 0.866. The van der Waals surface area contributed by atoms with Crippen molar-refractivity contribution in [1.29, 1.82) is 0 Å². The number of nitrogens with zero attached hydrogens (tertiary/aromatic N) is 1. The van der Waals surface area contributed by atoms with Gasteiger partial charge in [-0.25, -0.2) is 0 Å². The van der Waals surface area contributed by atoms with E-state index >= 15 is 0 Å².